The van der Waals surface area contributed by atoms with Gasteiger partial charge in [-0.1, -0.05) is 11.6 Å². The van der Waals surface area contributed by atoms with Gasteiger partial charge in [-0.05, 0) is 43.2 Å². The first-order valence-corrected chi connectivity index (χ1v) is 12.5. The third-order valence-corrected chi connectivity index (χ3v) is 8.38. The third kappa shape index (κ3) is 4.08. The molecule has 3 aromatic rings. The van der Waals surface area contributed by atoms with Crippen molar-refractivity contribution in [1.29, 1.82) is 0 Å². The molecule has 4 N–H and O–H groups in total. The van der Waals surface area contributed by atoms with Gasteiger partial charge in [0.2, 0.25) is 10.0 Å². The highest BCUT2D eigenvalue weighted by Crippen LogP contribution is 2.31. The molecule has 0 aliphatic carbocycles. The zero-order valence-corrected chi connectivity index (χ0v) is 17.5. The number of aromatic nitrogens is 3. The van der Waals surface area contributed by atoms with E-state index < -0.39 is 25.9 Å². The van der Waals surface area contributed by atoms with Gasteiger partial charge in [-0.15, -0.1) is 0 Å². The van der Waals surface area contributed by atoms with Crippen LogP contribution in [0.15, 0.2) is 35.2 Å². The van der Waals surface area contributed by atoms with Crippen LogP contribution >= 0.6 is 11.6 Å². The third-order valence-electron chi connectivity index (χ3n) is 4.84. The molecule has 0 saturated carbocycles. The van der Waals surface area contributed by atoms with Crippen LogP contribution in [0.1, 0.15) is 12.8 Å². The highest BCUT2D eigenvalue weighted by atomic mass is 35.5. The summed E-state index contributed by atoms with van der Waals surface area (Å²) in [6.45, 7) is 0. The van der Waals surface area contributed by atoms with Crippen molar-refractivity contribution in [1.82, 2.24) is 19.9 Å². The average Bonchev–Trinajstić information content (AvgIpc) is 3.04. The number of sulfone groups is 1. The number of hydrogen-bond acceptors (Lipinski definition) is 7. The average molecular weight is 456 g/mol. The molecule has 0 unspecified atom stereocenters. The molecule has 9 nitrogen and oxygen atoms in total. The molecule has 1 aromatic carbocycles. The van der Waals surface area contributed by atoms with E-state index in [2.05, 4.69) is 19.9 Å². The monoisotopic (exact) mass is 455 g/mol. The minimum atomic E-state index is -3.84. The smallest absolute Gasteiger partial charge is 0.240 e. The topological polar surface area (TPSA) is 148 Å². The Morgan fingerprint density at radius 3 is 2.59 bits per heavy atom. The predicted octanol–water partition coefficient (Wildman–Crippen LogP) is 1.72. The van der Waals surface area contributed by atoms with E-state index in [0.717, 1.165) is 0 Å². The molecular weight excluding hydrogens is 438 g/mol. The number of nitrogens with two attached hydrogens (primary N) is 1. The van der Waals surface area contributed by atoms with E-state index in [4.69, 9.17) is 17.3 Å². The summed E-state index contributed by atoms with van der Waals surface area (Å²) in [6.07, 6.45) is 0.507. The van der Waals surface area contributed by atoms with Crippen molar-refractivity contribution in [3.05, 3.63) is 35.4 Å². The highest BCUT2D eigenvalue weighted by Gasteiger charge is 2.28. The van der Waals surface area contributed by atoms with E-state index >= 15 is 0 Å². The van der Waals surface area contributed by atoms with Crippen LogP contribution in [0.3, 0.4) is 0 Å². The molecule has 4 rings (SSSR count). The van der Waals surface area contributed by atoms with Crippen molar-refractivity contribution >= 4 is 48.3 Å². The van der Waals surface area contributed by atoms with Crippen LogP contribution in [-0.4, -0.2) is 49.6 Å². The number of anilines is 1. The molecule has 1 fully saturated rings. The zero-order chi connectivity index (χ0) is 20.8. The zero-order valence-electron chi connectivity index (χ0n) is 15.1. The van der Waals surface area contributed by atoms with Crippen LogP contribution in [0.5, 0.6) is 0 Å². The molecule has 1 aliphatic heterocycles. The molecule has 154 valence electrons. The number of rotatable bonds is 4. The summed E-state index contributed by atoms with van der Waals surface area (Å²) in [5.41, 5.74) is 8.05. The molecule has 0 spiro atoms. The number of fused-ring (bicyclic) bond motifs is 1. The maximum absolute atomic E-state index is 12.7. The van der Waals surface area contributed by atoms with Gasteiger partial charge >= 0.3 is 0 Å². The predicted molar refractivity (Wildman–Crippen MR) is 111 cm³/mol. The van der Waals surface area contributed by atoms with Crippen molar-refractivity contribution in [2.75, 3.05) is 17.2 Å². The first-order chi connectivity index (χ1) is 13.6. The Bertz CT molecular complexity index is 1290. The molecule has 3 heterocycles. The lowest BCUT2D eigenvalue weighted by atomic mass is 10.1. The molecule has 0 amide bonds. The number of aromatic amines is 1. The number of nitrogens with zero attached hydrogens (tertiary/aromatic N) is 2. The van der Waals surface area contributed by atoms with Gasteiger partial charge in [-0.3, -0.25) is 5.10 Å². The van der Waals surface area contributed by atoms with Gasteiger partial charge in [0.1, 0.15) is 15.4 Å². The first-order valence-electron chi connectivity index (χ1n) is 8.78. The van der Waals surface area contributed by atoms with Crippen molar-refractivity contribution in [3.8, 4) is 11.3 Å². The number of nitrogens with one attached hydrogen (secondary N) is 2. The van der Waals surface area contributed by atoms with Crippen LogP contribution in [-0.2, 0) is 19.9 Å². The summed E-state index contributed by atoms with van der Waals surface area (Å²) >= 11 is 6.35. The van der Waals surface area contributed by atoms with Gasteiger partial charge < -0.3 is 5.73 Å². The number of hydrogen-bond donors (Lipinski definition) is 3. The fraction of sp³-hybridized carbons (Fsp3) is 0.294. The molecule has 1 saturated heterocycles. The molecule has 1 aliphatic rings. The maximum atomic E-state index is 12.7. The Morgan fingerprint density at radius 1 is 1.17 bits per heavy atom. The normalized spacial score (nSPS) is 17.6. The number of H-pyrrole nitrogens is 1. The van der Waals surface area contributed by atoms with Crippen LogP contribution in [0.2, 0.25) is 5.02 Å². The summed E-state index contributed by atoms with van der Waals surface area (Å²) in [6, 6.07) is 7.44. The lowest BCUT2D eigenvalue weighted by Crippen LogP contribution is -2.40. The maximum Gasteiger partial charge on any atom is 0.240 e. The Balaban J connectivity index is 1.59. The summed E-state index contributed by atoms with van der Waals surface area (Å²) in [5.74, 6) is 0.215. The molecule has 0 bridgehead atoms. The fourth-order valence-corrected chi connectivity index (χ4v) is 6.40. The van der Waals surface area contributed by atoms with Gasteiger partial charge in [-0.25, -0.2) is 26.5 Å². The summed E-state index contributed by atoms with van der Waals surface area (Å²) in [5, 5.41) is 6.87. The van der Waals surface area contributed by atoms with Crippen molar-refractivity contribution in [2.24, 2.45) is 0 Å². The number of sulfonamides is 1. The van der Waals surface area contributed by atoms with Crippen molar-refractivity contribution < 1.29 is 16.8 Å². The fourth-order valence-electron chi connectivity index (χ4n) is 3.23. The Kier molecular flexibility index (Phi) is 5.01. The molecule has 12 heteroatoms. The highest BCUT2D eigenvalue weighted by molar-refractivity contribution is 7.91. The molecular formula is C17H18ClN5O4S2. The van der Waals surface area contributed by atoms with Gasteiger partial charge in [0.15, 0.2) is 5.82 Å². The minimum absolute atomic E-state index is 0.00332. The van der Waals surface area contributed by atoms with E-state index in [1.807, 2.05) is 0 Å². The second-order valence-electron chi connectivity index (χ2n) is 6.89. The van der Waals surface area contributed by atoms with Gasteiger partial charge in [0.05, 0.1) is 32.6 Å². The minimum Gasteiger partial charge on any atom is -0.380 e. The second kappa shape index (κ2) is 7.24. The van der Waals surface area contributed by atoms with Crippen LogP contribution in [0.25, 0.3) is 22.3 Å². The first kappa shape index (κ1) is 20.1. The Hall–Kier alpha value is -2.21. The van der Waals surface area contributed by atoms with Gasteiger partial charge in [0.25, 0.3) is 0 Å². The summed E-state index contributed by atoms with van der Waals surface area (Å²) < 4.78 is 51.0. The van der Waals surface area contributed by atoms with Crippen molar-refractivity contribution in [3.63, 3.8) is 0 Å². The van der Waals surface area contributed by atoms with E-state index in [-0.39, 0.29) is 40.1 Å². The molecule has 29 heavy (non-hydrogen) atoms. The number of nitrogen functional groups attached to an aromatic ring is 1. The molecule has 2 aromatic heterocycles. The number of halogens is 1. The van der Waals surface area contributed by atoms with Gasteiger partial charge in [-0.2, -0.15) is 5.10 Å². The summed E-state index contributed by atoms with van der Waals surface area (Å²) in [7, 11) is -6.91. The van der Waals surface area contributed by atoms with Crippen LogP contribution in [0, 0.1) is 0 Å². The van der Waals surface area contributed by atoms with E-state index in [1.165, 1.54) is 12.1 Å². The van der Waals surface area contributed by atoms with Crippen LogP contribution < -0.4 is 10.5 Å². The van der Waals surface area contributed by atoms with Crippen molar-refractivity contribution in [2.45, 2.75) is 23.8 Å². The van der Waals surface area contributed by atoms with E-state index in [9.17, 15) is 16.8 Å². The molecule has 0 atom stereocenters. The summed E-state index contributed by atoms with van der Waals surface area (Å²) in [4.78, 5) is 4.44. The quantitative estimate of drug-likeness (QED) is 0.542. The van der Waals surface area contributed by atoms with Crippen LogP contribution in [0.4, 0.5) is 5.82 Å². The lowest BCUT2D eigenvalue weighted by Gasteiger charge is -2.23. The largest absolute Gasteiger partial charge is 0.380 e. The SMILES string of the molecule is Nc1n[nH]c2ccc(-c3ccc(S(=O)(=O)NC4CCS(=O)(=O)CC4)cc3Cl)nc12. The second-order valence-corrected chi connectivity index (χ2v) is 11.3. The van der Waals surface area contributed by atoms with E-state index in [1.54, 1.807) is 18.2 Å². The number of pyridine rings is 1. The Labute approximate surface area is 172 Å². The standard InChI is InChI=1S/C17H18ClN5O4S2/c18-13-9-11(29(26,27)23-10-5-7-28(24,25)8-6-10)1-2-12(13)14-3-4-15-16(20-14)17(19)22-21-15/h1-4,9-10,23H,5-8H2,(H3,19,21,22). The lowest BCUT2D eigenvalue weighted by molar-refractivity contribution is 0.505. The van der Waals surface area contributed by atoms with E-state index in [0.29, 0.717) is 22.3 Å². The number of benzene rings is 1. The Morgan fingerprint density at radius 2 is 1.90 bits per heavy atom. The molecule has 0 radical (unpaired) electrons. The van der Waals surface area contributed by atoms with Gasteiger partial charge in [0, 0.05) is 11.6 Å².